The molecule has 0 aliphatic carbocycles. The minimum absolute atomic E-state index is 0.0287. The lowest BCUT2D eigenvalue weighted by molar-refractivity contribution is -0.385. The molecular weight excluding hydrogens is 315 g/mol. The standard InChI is InChI=1S/C14H8Cl2N2O3/c15-11-3-2-10(13(6-11)18(19)20)8-21-14-4-1-9(7-17)5-12(14)16/h1-6H,8H2. The number of hydrogen-bond donors (Lipinski definition) is 0. The van der Waals surface area contributed by atoms with Crippen molar-refractivity contribution in [3.63, 3.8) is 0 Å². The van der Waals surface area contributed by atoms with Crippen LogP contribution in [-0.4, -0.2) is 4.92 Å². The van der Waals surface area contributed by atoms with Gasteiger partial charge in [0.25, 0.3) is 5.69 Å². The maximum atomic E-state index is 11.0. The van der Waals surface area contributed by atoms with Crippen molar-refractivity contribution in [1.82, 2.24) is 0 Å². The molecule has 0 bridgehead atoms. The molecule has 0 aliphatic rings. The van der Waals surface area contributed by atoms with Gasteiger partial charge in [0.15, 0.2) is 0 Å². The monoisotopic (exact) mass is 322 g/mol. The van der Waals surface area contributed by atoms with Crippen molar-refractivity contribution in [1.29, 1.82) is 5.26 Å². The second-order valence-corrected chi connectivity index (χ2v) is 4.92. The molecule has 0 saturated carbocycles. The highest BCUT2D eigenvalue weighted by molar-refractivity contribution is 6.32. The van der Waals surface area contributed by atoms with Crippen LogP contribution in [0.1, 0.15) is 11.1 Å². The van der Waals surface area contributed by atoms with E-state index in [4.69, 9.17) is 33.2 Å². The highest BCUT2D eigenvalue weighted by atomic mass is 35.5. The summed E-state index contributed by atoms with van der Waals surface area (Å²) in [5.41, 5.74) is 0.668. The van der Waals surface area contributed by atoms with E-state index < -0.39 is 4.92 Å². The Morgan fingerprint density at radius 3 is 2.62 bits per heavy atom. The van der Waals surface area contributed by atoms with E-state index in [2.05, 4.69) is 0 Å². The summed E-state index contributed by atoms with van der Waals surface area (Å²) in [4.78, 5) is 10.4. The number of nitrogens with zero attached hydrogens (tertiary/aromatic N) is 2. The van der Waals surface area contributed by atoms with Crippen LogP contribution >= 0.6 is 23.2 Å². The third-order valence-electron chi connectivity index (χ3n) is 2.69. The minimum Gasteiger partial charge on any atom is -0.487 e. The fraction of sp³-hybridized carbons (Fsp3) is 0.0714. The molecule has 0 atom stereocenters. The molecule has 2 aromatic rings. The lowest BCUT2D eigenvalue weighted by Gasteiger charge is -2.08. The first-order valence-electron chi connectivity index (χ1n) is 5.76. The molecule has 0 saturated heterocycles. The number of ether oxygens (including phenoxy) is 1. The third-order valence-corrected chi connectivity index (χ3v) is 3.22. The number of nitro benzene ring substituents is 1. The summed E-state index contributed by atoms with van der Waals surface area (Å²) in [5.74, 6) is 0.347. The van der Waals surface area contributed by atoms with Crippen LogP contribution in [0.3, 0.4) is 0 Å². The SMILES string of the molecule is N#Cc1ccc(OCc2ccc(Cl)cc2[N+](=O)[O-])c(Cl)c1. The molecule has 0 aromatic heterocycles. The van der Waals surface area contributed by atoms with Gasteiger partial charge in [0.2, 0.25) is 0 Å². The van der Waals surface area contributed by atoms with E-state index in [0.29, 0.717) is 16.9 Å². The van der Waals surface area contributed by atoms with E-state index in [1.54, 1.807) is 18.2 Å². The van der Waals surface area contributed by atoms with Crippen molar-refractivity contribution in [2.75, 3.05) is 0 Å². The van der Waals surface area contributed by atoms with Gasteiger partial charge in [-0.05, 0) is 30.3 Å². The summed E-state index contributed by atoms with van der Waals surface area (Å²) in [6.45, 7) is -0.0287. The van der Waals surface area contributed by atoms with Gasteiger partial charge in [-0.3, -0.25) is 10.1 Å². The van der Waals surface area contributed by atoms with Crippen molar-refractivity contribution < 1.29 is 9.66 Å². The lowest BCUT2D eigenvalue weighted by atomic mass is 10.2. The molecule has 106 valence electrons. The topological polar surface area (TPSA) is 76.2 Å². The van der Waals surface area contributed by atoms with Crippen molar-refractivity contribution in [3.8, 4) is 11.8 Å². The van der Waals surface area contributed by atoms with Crippen LogP contribution in [0.2, 0.25) is 10.0 Å². The van der Waals surface area contributed by atoms with E-state index in [1.807, 2.05) is 6.07 Å². The van der Waals surface area contributed by atoms with E-state index in [-0.39, 0.29) is 22.3 Å². The number of hydrogen-bond acceptors (Lipinski definition) is 4. The normalized spacial score (nSPS) is 9.95. The quantitative estimate of drug-likeness (QED) is 0.619. The molecule has 2 aromatic carbocycles. The Balaban J connectivity index is 2.21. The summed E-state index contributed by atoms with van der Waals surface area (Å²) < 4.78 is 5.46. The Morgan fingerprint density at radius 1 is 1.24 bits per heavy atom. The number of halogens is 2. The molecule has 2 rings (SSSR count). The Bertz CT molecular complexity index is 741. The van der Waals surface area contributed by atoms with E-state index >= 15 is 0 Å². The Kier molecular flexibility index (Phi) is 4.63. The molecular formula is C14H8Cl2N2O3. The number of nitriles is 1. The number of nitro groups is 1. The molecule has 0 unspecified atom stereocenters. The first-order chi connectivity index (χ1) is 10.0. The van der Waals surface area contributed by atoms with Gasteiger partial charge < -0.3 is 4.74 Å². The van der Waals surface area contributed by atoms with Gasteiger partial charge in [0.05, 0.1) is 27.1 Å². The fourth-order valence-electron chi connectivity index (χ4n) is 1.67. The molecule has 0 aliphatic heterocycles. The van der Waals surface area contributed by atoms with Crippen molar-refractivity contribution in [2.24, 2.45) is 0 Å². The van der Waals surface area contributed by atoms with Gasteiger partial charge >= 0.3 is 0 Å². The average molecular weight is 323 g/mol. The molecule has 21 heavy (non-hydrogen) atoms. The van der Waals surface area contributed by atoms with Crippen LogP contribution in [0, 0.1) is 21.4 Å². The summed E-state index contributed by atoms with van der Waals surface area (Å²) in [6, 6.07) is 10.9. The van der Waals surface area contributed by atoms with E-state index in [0.717, 1.165) is 0 Å². The van der Waals surface area contributed by atoms with Gasteiger partial charge in [-0.25, -0.2) is 0 Å². The number of benzene rings is 2. The first-order valence-corrected chi connectivity index (χ1v) is 6.52. The van der Waals surface area contributed by atoms with Crippen LogP contribution in [0.15, 0.2) is 36.4 Å². The Hall–Kier alpha value is -2.29. The van der Waals surface area contributed by atoms with Crippen molar-refractivity contribution >= 4 is 28.9 Å². The maximum absolute atomic E-state index is 11.0. The largest absolute Gasteiger partial charge is 0.487 e. The molecule has 0 heterocycles. The van der Waals surface area contributed by atoms with Gasteiger partial charge in [-0.1, -0.05) is 23.2 Å². The van der Waals surface area contributed by atoms with Gasteiger partial charge in [0.1, 0.15) is 12.4 Å². The molecule has 0 amide bonds. The maximum Gasteiger partial charge on any atom is 0.277 e. The highest BCUT2D eigenvalue weighted by Gasteiger charge is 2.15. The van der Waals surface area contributed by atoms with Crippen LogP contribution in [0.25, 0.3) is 0 Å². The second kappa shape index (κ2) is 6.44. The fourth-order valence-corrected chi connectivity index (χ4v) is 2.07. The van der Waals surface area contributed by atoms with Crippen LogP contribution in [0.4, 0.5) is 5.69 Å². The Labute approximate surface area is 130 Å². The molecule has 7 heteroatoms. The first kappa shape index (κ1) is 15.1. The highest BCUT2D eigenvalue weighted by Crippen LogP contribution is 2.28. The zero-order valence-electron chi connectivity index (χ0n) is 10.5. The smallest absolute Gasteiger partial charge is 0.277 e. The average Bonchev–Trinajstić information content (AvgIpc) is 2.46. The van der Waals surface area contributed by atoms with Gasteiger partial charge in [0, 0.05) is 11.1 Å². The predicted molar refractivity (Wildman–Crippen MR) is 78.6 cm³/mol. The Morgan fingerprint density at radius 2 is 2.00 bits per heavy atom. The number of rotatable bonds is 4. The summed E-state index contributed by atoms with van der Waals surface area (Å²) in [7, 11) is 0. The van der Waals surface area contributed by atoms with Crippen LogP contribution in [0.5, 0.6) is 5.75 Å². The summed E-state index contributed by atoms with van der Waals surface area (Å²) in [5, 5.41) is 20.3. The van der Waals surface area contributed by atoms with Crippen LogP contribution < -0.4 is 4.74 Å². The van der Waals surface area contributed by atoms with Crippen molar-refractivity contribution in [2.45, 2.75) is 6.61 Å². The molecule has 5 nitrogen and oxygen atoms in total. The molecule has 0 fully saturated rings. The lowest BCUT2D eigenvalue weighted by Crippen LogP contribution is -2.01. The zero-order valence-corrected chi connectivity index (χ0v) is 12.1. The molecule has 0 radical (unpaired) electrons. The zero-order chi connectivity index (χ0) is 15.4. The third kappa shape index (κ3) is 3.63. The predicted octanol–water partition coefficient (Wildman–Crippen LogP) is 4.35. The van der Waals surface area contributed by atoms with Crippen LogP contribution in [-0.2, 0) is 6.61 Å². The van der Waals surface area contributed by atoms with Gasteiger partial charge in [-0.15, -0.1) is 0 Å². The van der Waals surface area contributed by atoms with Crippen molar-refractivity contribution in [3.05, 3.63) is 67.7 Å². The minimum atomic E-state index is -0.523. The van der Waals surface area contributed by atoms with E-state index in [9.17, 15) is 10.1 Å². The van der Waals surface area contributed by atoms with E-state index in [1.165, 1.54) is 18.2 Å². The van der Waals surface area contributed by atoms with Gasteiger partial charge in [-0.2, -0.15) is 5.26 Å². The second-order valence-electron chi connectivity index (χ2n) is 4.08. The molecule has 0 spiro atoms. The summed E-state index contributed by atoms with van der Waals surface area (Å²) >= 11 is 11.7. The molecule has 0 N–H and O–H groups in total. The summed E-state index contributed by atoms with van der Waals surface area (Å²) in [6.07, 6.45) is 0.